The molecular formula is C25H16O2. The van der Waals surface area contributed by atoms with Crippen LogP contribution >= 0.6 is 0 Å². The predicted molar refractivity (Wildman–Crippen MR) is 111 cm³/mol. The van der Waals surface area contributed by atoms with Gasteiger partial charge in [0, 0.05) is 21.5 Å². The quantitative estimate of drug-likeness (QED) is 0.308. The molecule has 27 heavy (non-hydrogen) atoms. The minimum Gasteiger partial charge on any atom is -0.456 e. The second-order valence-corrected chi connectivity index (χ2v) is 7.04. The van der Waals surface area contributed by atoms with Crippen molar-refractivity contribution in [2.75, 3.05) is 0 Å². The van der Waals surface area contributed by atoms with Crippen molar-refractivity contribution in [1.29, 1.82) is 0 Å². The smallest absolute Gasteiger partial charge is 0.138 e. The molecular weight excluding hydrogens is 332 g/mol. The number of aryl methyl sites for hydroxylation is 1. The maximum atomic E-state index is 6.16. The number of hydrogen-bond donors (Lipinski definition) is 0. The third-order valence-corrected chi connectivity index (χ3v) is 5.41. The monoisotopic (exact) mass is 348 g/mol. The predicted octanol–water partition coefficient (Wildman–Crippen LogP) is 7.46. The van der Waals surface area contributed by atoms with Crippen molar-refractivity contribution in [2.45, 2.75) is 6.92 Å². The van der Waals surface area contributed by atoms with Crippen LogP contribution < -0.4 is 0 Å². The van der Waals surface area contributed by atoms with Gasteiger partial charge in [0.25, 0.3) is 0 Å². The summed E-state index contributed by atoms with van der Waals surface area (Å²) in [5.41, 5.74) is 7.17. The van der Waals surface area contributed by atoms with E-state index in [2.05, 4.69) is 55.5 Å². The number of fused-ring (bicyclic) bond motifs is 6. The summed E-state index contributed by atoms with van der Waals surface area (Å²) in [5, 5.41) is 4.62. The van der Waals surface area contributed by atoms with Crippen LogP contribution in [0.3, 0.4) is 0 Å². The molecule has 0 unspecified atom stereocenters. The van der Waals surface area contributed by atoms with Crippen molar-refractivity contribution in [3.05, 3.63) is 84.4 Å². The number of rotatable bonds is 1. The van der Waals surface area contributed by atoms with Crippen molar-refractivity contribution in [3.8, 4) is 11.1 Å². The number of para-hydroxylation sites is 2. The Bertz CT molecular complexity index is 1480. The zero-order valence-electron chi connectivity index (χ0n) is 14.8. The molecule has 0 bridgehead atoms. The molecule has 2 heteroatoms. The Morgan fingerprint density at radius 3 is 2.15 bits per heavy atom. The van der Waals surface area contributed by atoms with Crippen LogP contribution in [0, 0.1) is 6.92 Å². The Morgan fingerprint density at radius 1 is 0.593 bits per heavy atom. The van der Waals surface area contributed by atoms with Gasteiger partial charge in [0.1, 0.15) is 22.3 Å². The highest BCUT2D eigenvalue weighted by Crippen LogP contribution is 2.39. The SMILES string of the molecule is Cc1ccc(-c2ccc3c(c2)oc2ccccc23)c2c1oc1ccccc12. The third kappa shape index (κ3) is 2.01. The molecule has 0 spiro atoms. The minimum absolute atomic E-state index is 0.912. The average Bonchev–Trinajstić information content (AvgIpc) is 3.27. The first-order chi connectivity index (χ1) is 13.3. The molecule has 2 nitrogen and oxygen atoms in total. The molecule has 0 N–H and O–H groups in total. The van der Waals surface area contributed by atoms with Gasteiger partial charge < -0.3 is 8.83 Å². The van der Waals surface area contributed by atoms with Crippen molar-refractivity contribution >= 4 is 43.9 Å². The van der Waals surface area contributed by atoms with Gasteiger partial charge in [0.05, 0.1) is 0 Å². The molecule has 0 radical (unpaired) electrons. The lowest BCUT2D eigenvalue weighted by Gasteiger charge is -2.06. The van der Waals surface area contributed by atoms with Crippen molar-refractivity contribution in [2.24, 2.45) is 0 Å². The zero-order valence-corrected chi connectivity index (χ0v) is 14.8. The number of hydrogen-bond acceptors (Lipinski definition) is 2. The summed E-state index contributed by atoms with van der Waals surface area (Å²) in [5.74, 6) is 0. The second-order valence-electron chi connectivity index (χ2n) is 7.04. The largest absolute Gasteiger partial charge is 0.456 e. The maximum Gasteiger partial charge on any atom is 0.138 e. The van der Waals surface area contributed by atoms with E-state index in [4.69, 9.17) is 8.83 Å². The van der Waals surface area contributed by atoms with Gasteiger partial charge in [-0.1, -0.05) is 54.6 Å². The normalized spacial score (nSPS) is 11.9. The molecule has 6 rings (SSSR count). The highest BCUT2D eigenvalue weighted by atomic mass is 16.3. The maximum absolute atomic E-state index is 6.16. The number of furan rings is 2. The highest BCUT2D eigenvalue weighted by molar-refractivity contribution is 6.14. The fraction of sp³-hybridized carbons (Fsp3) is 0.0400. The Kier molecular flexibility index (Phi) is 2.84. The molecule has 6 aromatic rings. The lowest BCUT2D eigenvalue weighted by Crippen LogP contribution is -1.82. The summed E-state index contributed by atoms with van der Waals surface area (Å²) in [6.45, 7) is 2.09. The van der Waals surface area contributed by atoms with Crippen LogP contribution in [0.2, 0.25) is 0 Å². The summed E-state index contributed by atoms with van der Waals surface area (Å²) in [4.78, 5) is 0. The van der Waals surface area contributed by atoms with Crippen LogP contribution in [0.4, 0.5) is 0 Å². The standard InChI is InChI=1S/C25H16O2/c1-15-10-12-17(24-20-7-3-5-9-22(20)27-25(15)24)16-11-13-19-18-6-2-4-8-21(18)26-23(19)14-16/h2-14H,1H3. The highest BCUT2D eigenvalue weighted by Gasteiger charge is 2.15. The van der Waals surface area contributed by atoms with Gasteiger partial charge in [0.15, 0.2) is 0 Å². The van der Waals surface area contributed by atoms with Crippen molar-refractivity contribution < 1.29 is 8.83 Å². The van der Waals surface area contributed by atoms with Gasteiger partial charge >= 0.3 is 0 Å². The van der Waals surface area contributed by atoms with E-state index < -0.39 is 0 Å². The lowest BCUT2D eigenvalue weighted by molar-refractivity contribution is 0.665. The van der Waals surface area contributed by atoms with E-state index in [-0.39, 0.29) is 0 Å². The van der Waals surface area contributed by atoms with Gasteiger partial charge in [-0.2, -0.15) is 0 Å². The molecule has 2 heterocycles. The summed E-state index contributed by atoms with van der Waals surface area (Å²) in [6.07, 6.45) is 0. The third-order valence-electron chi connectivity index (χ3n) is 5.41. The van der Waals surface area contributed by atoms with E-state index in [0.29, 0.717) is 0 Å². The minimum atomic E-state index is 0.912. The molecule has 0 fully saturated rings. The molecule has 4 aromatic carbocycles. The fourth-order valence-corrected chi connectivity index (χ4v) is 4.09. The van der Waals surface area contributed by atoms with Crippen LogP contribution in [0.5, 0.6) is 0 Å². The summed E-state index contributed by atoms with van der Waals surface area (Å²) < 4.78 is 12.3. The van der Waals surface area contributed by atoms with E-state index in [1.54, 1.807) is 0 Å². The lowest BCUT2D eigenvalue weighted by atomic mass is 9.97. The molecule has 0 amide bonds. The first-order valence-corrected chi connectivity index (χ1v) is 9.12. The Balaban J connectivity index is 1.70. The van der Waals surface area contributed by atoms with E-state index in [1.807, 2.05) is 30.3 Å². The summed E-state index contributed by atoms with van der Waals surface area (Å²) in [7, 11) is 0. The van der Waals surface area contributed by atoms with Crippen LogP contribution in [-0.2, 0) is 0 Å². The Hall–Kier alpha value is -3.52. The van der Waals surface area contributed by atoms with Crippen molar-refractivity contribution in [1.82, 2.24) is 0 Å². The van der Waals surface area contributed by atoms with E-state index in [1.165, 1.54) is 10.9 Å². The van der Waals surface area contributed by atoms with Gasteiger partial charge in [-0.3, -0.25) is 0 Å². The summed E-state index contributed by atoms with van der Waals surface area (Å²) in [6, 6.07) is 27.2. The molecule has 0 saturated carbocycles. The molecule has 2 aromatic heterocycles. The van der Waals surface area contributed by atoms with Gasteiger partial charge in [-0.05, 0) is 47.9 Å². The molecule has 0 aliphatic rings. The fourth-order valence-electron chi connectivity index (χ4n) is 4.09. The Labute approximate surface area is 155 Å². The summed E-state index contributed by atoms with van der Waals surface area (Å²) >= 11 is 0. The van der Waals surface area contributed by atoms with Crippen LogP contribution in [-0.4, -0.2) is 0 Å². The van der Waals surface area contributed by atoms with Gasteiger partial charge in [0.2, 0.25) is 0 Å². The molecule has 128 valence electrons. The molecule has 0 aliphatic heterocycles. The Morgan fingerprint density at radius 2 is 1.30 bits per heavy atom. The van der Waals surface area contributed by atoms with Crippen molar-refractivity contribution in [3.63, 3.8) is 0 Å². The molecule has 0 aliphatic carbocycles. The van der Waals surface area contributed by atoms with Crippen LogP contribution in [0.1, 0.15) is 5.56 Å². The topological polar surface area (TPSA) is 26.3 Å². The van der Waals surface area contributed by atoms with Crippen LogP contribution in [0.15, 0.2) is 87.7 Å². The first kappa shape index (κ1) is 14.6. The van der Waals surface area contributed by atoms with E-state index in [0.717, 1.165) is 49.6 Å². The second kappa shape index (κ2) is 5.24. The number of benzene rings is 4. The van der Waals surface area contributed by atoms with Gasteiger partial charge in [-0.15, -0.1) is 0 Å². The van der Waals surface area contributed by atoms with E-state index >= 15 is 0 Å². The average molecular weight is 348 g/mol. The zero-order chi connectivity index (χ0) is 18.0. The molecule has 0 saturated heterocycles. The van der Waals surface area contributed by atoms with Crippen LogP contribution in [0.25, 0.3) is 55.0 Å². The molecule has 0 atom stereocenters. The van der Waals surface area contributed by atoms with Gasteiger partial charge in [-0.25, -0.2) is 0 Å². The first-order valence-electron chi connectivity index (χ1n) is 9.12. The van der Waals surface area contributed by atoms with E-state index in [9.17, 15) is 0 Å².